The Balaban J connectivity index is 2.01. The molecular formula is C27H25NO4. The van der Waals surface area contributed by atoms with E-state index in [0.29, 0.717) is 17.0 Å². The fourth-order valence-corrected chi connectivity index (χ4v) is 4.14. The van der Waals surface area contributed by atoms with Crippen molar-refractivity contribution in [3.05, 3.63) is 100 Å². The van der Waals surface area contributed by atoms with E-state index in [-0.39, 0.29) is 11.3 Å². The Labute approximate surface area is 187 Å². The minimum atomic E-state index is -0.760. The lowest BCUT2D eigenvalue weighted by Crippen LogP contribution is -2.29. The number of nitrogens with zero attached hydrogens (tertiary/aromatic N) is 1. The summed E-state index contributed by atoms with van der Waals surface area (Å²) in [7, 11) is 1.51. The first-order valence-electron chi connectivity index (χ1n) is 10.4. The Morgan fingerprint density at radius 2 is 1.56 bits per heavy atom. The van der Waals surface area contributed by atoms with E-state index in [4.69, 9.17) is 4.74 Å². The van der Waals surface area contributed by atoms with Crippen LogP contribution in [-0.4, -0.2) is 23.9 Å². The summed E-state index contributed by atoms with van der Waals surface area (Å²) in [6.07, 6.45) is 0. The maximum Gasteiger partial charge on any atom is 0.300 e. The molecule has 1 aliphatic rings. The monoisotopic (exact) mass is 427 g/mol. The average molecular weight is 428 g/mol. The van der Waals surface area contributed by atoms with Crippen molar-refractivity contribution >= 4 is 23.1 Å². The molecule has 4 rings (SSSR count). The lowest BCUT2D eigenvalue weighted by molar-refractivity contribution is -0.132. The van der Waals surface area contributed by atoms with Crippen LogP contribution in [0.25, 0.3) is 5.76 Å². The molecule has 1 heterocycles. The second-order valence-electron chi connectivity index (χ2n) is 8.06. The highest BCUT2D eigenvalue weighted by molar-refractivity contribution is 6.51. The van der Waals surface area contributed by atoms with Crippen LogP contribution in [0.15, 0.2) is 72.3 Å². The number of carbonyl (C=O) groups excluding carboxylic acids is 2. The van der Waals surface area contributed by atoms with Crippen molar-refractivity contribution < 1.29 is 19.4 Å². The number of carbonyl (C=O) groups is 2. The van der Waals surface area contributed by atoms with Crippen LogP contribution in [-0.2, 0) is 9.59 Å². The molecular weight excluding hydrogens is 402 g/mol. The molecule has 3 aromatic rings. The first-order valence-corrected chi connectivity index (χ1v) is 10.4. The largest absolute Gasteiger partial charge is 0.507 e. The fourth-order valence-electron chi connectivity index (χ4n) is 4.14. The van der Waals surface area contributed by atoms with Crippen LogP contribution in [0.2, 0.25) is 0 Å². The average Bonchev–Trinajstić information content (AvgIpc) is 3.04. The Morgan fingerprint density at radius 1 is 0.906 bits per heavy atom. The SMILES string of the molecule is COc1ccc(C)cc1/C(O)=C1\C(=O)C(=O)N(c2ccc(C)cc2)C1c1ccccc1C. The van der Waals surface area contributed by atoms with Gasteiger partial charge in [-0.1, -0.05) is 53.6 Å². The van der Waals surface area contributed by atoms with Crippen molar-refractivity contribution in [1.29, 1.82) is 0 Å². The predicted molar refractivity (Wildman–Crippen MR) is 125 cm³/mol. The second-order valence-corrected chi connectivity index (χ2v) is 8.06. The number of rotatable bonds is 4. The third-order valence-corrected chi connectivity index (χ3v) is 5.85. The number of ether oxygens (including phenoxy) is 1. The highest BCUT2D eigenvalue weighted by Gasteiger charge is 2.47. The summed E-state index contributed by atoms with van der Waals surface area (Å²) in [5.74, 6) is -1.21. The van der Waals surface area contributed by atoms with Gasteiger partial charge < -0.3 is 9.84 Å². The van der Waals surface area contributed by atoms with Crippen LogP contribution >= 0.6 is 0 Å². The molecule has 32 heavy (non-hydrogen) atoms. The minimum Gasteiger partial charge on any atom is -0.507 e. The van der Waals surface area contributed by atoms with Crippen LogP contribution < -0.4 is 9.64 Å². The molecule has 0 radical (unpaired) electrons. The minimum absolute atomic E-state index is 0.0498. The molecule has 162 valence electrons. The maximum atomic E-state index is 13.3. The molecule has 0 bridgehead atoms. The number of aliphatic hydroxyl groups excluding tert-OH is 1. The van der Waals surface area contributed by atoms with E-state index in [9.17, 15) is 14.7 Å². The van der Waals surface area contributed by atoms with Crippen LogP contribution in [0.3, 0.4) is 0 Å². The van der Waals surface area contributed by atoms with E-state index < -0.39 is 17.7 Å². The zero-order valence-electron chi connectivity index (χ0n) is 18.5. The van der Waals surface area contributed by atoms with Crippen molar-refractivity contribution in [2.24, 2.45) is 0 Å². The molecule has 1 amide bonds. The molecule has 5 heteroatoms. The lowest BCUT2D eigenvalue weighted by Gasteiger charge is -2.27. The summed E-state index contributed by atoms with van der Waals surface area (Å²) in [5.41, 5.74) is 4.66. The van der Waals surface area contributed by atoms with Gasteiger partial charge in [0, 0.05) is 5.69 Å². The van der Waals surface area contributed by atoms with Gasteiger partial charge in [0.2, 0.25) is 0 Å². The van der Waals surface area contributed by atoms with E-state index in [1.165, 1.54) is 12.0 Å². The molecule has 5 nitrogen and oxygen atoms in total. The Kier molecular flexibility index (Phi) is 5.57. The number of aliphatic hydroxyl groups is 1. The first-order chi connectivity index (χ1) is 15.3. The Bertz CT molecular complexity index is 1240. The van der Waals surface area contributed by atoms with Gasteiger partial charge in [0.1, 0.15) is 11.5 Å². The van der Waals surface area contributed by atoms with Crippen LogP contribution in [0, 0.1) is 20.8 Å². The number of anilines is 1. The van der Waals surface area contributed by atoms with Crippen LogP contribution in [0.1, 0.15) is 33.9 Å². The second kappa shape index (κ2) is 8.35. The molecule has 1 unspecified atom stereocenters. The topological polar surface area (TPSA) is 66.8 Å². The highest BCUT2D eigenvalue weighted by Crippen LogP contribution is 2.44. The van der Waals surface area contributed by atoms with Gasteiger partial charge in [-0.05, 0) is 56.2 Å². The summed E-state index contributed by atoms with van der Waals surface area (Å²) < 4.78 is 5.43. The van der Waals surface area contributed by atoms with Crippen molar-refractivity contribution in [3.63, 3.8) is 0 Å². The van der Waals surface area contributed by atoms with Gasteiger partial charge in [0.05, 0.1) is 24.3 Å². The molecule has 0 saturated carbocycles. The smallest absolute Gasteiger partial charge is 0.300 e. The molecule has 3 aromatic carbocycles. The number of hydrogen-bond donors (Lipinski definition) is 1. The number of methoxy groups -OCH3 is 1. The van der Waals surface area contributed by atoms with E-state index in [1.54, 1.807) is 12.1 Å². The third-order valence-electron chi connectivity index (χ3n) is 5.85. The van der Waals surface area contributed by atoms with Gasteiger partial charge in [-0.2, -0.15) is 0 Å². The zero-order valence-corrected chi connectivity index (χ0v) is 18.5. The Hall–Kier alpha value is -3.86. The molecule has 0 aromatic heterocycles. The van der Waals surface area contributed by atoms with E-state index in [2.05, 4.69) is 0 Å². The van der Waals surface area contributed by atoms with Crippen LogP contribution in [0.5, 0.6) is 5.75 Å². The van der Waals surface area contributed by atoms with E-state index in [0.717, 1.165) is 22.3 Å². The Morgan fingerprint density at radius 3 is 2.22 bits per heavy atom. The summed E-state index contributed by atoms with van der Waals surface area (Å²) in [5, 5.41) is 11.4. The fraction of sp³-hybridized carbons (Fsp3) is 0.185. The molecule has 1 atom stereocenters. The van der Waals surface area contributed by atoms with Gasteiger partial charge >= 0.3 is 0 Å². The van der Waals surface area contributed by atoms with Gasteiger partial charge in [-0.3, -0.25) is 14.5 Å². The standard InChI is InChI=1S/C27H25NO4/c1-16-9-12-19(13-10-16)28-24(20-8-6-5-7-18(20)3)23(26(30)27(28)31)25(29)21-15-17(2)11-14-22(21)32-4/h5-15,24,29H,1-4H3/b25-23+. The number of hydrogen-bond acceptors (Lipinski definition) is 4. The number of ketones is 1. The molecule has 1 fully saturated rings. The summed E-state index contributed by atoms with van der Waals surface area (Å²) in [6.45, 7) is 5.78. The summed E-state index contributed by atoms with van der Waals surface area (Å²) in [4.78, 5) is 28.0. The number of benzene rings is 3. The summed E-state index contributed by atoms with van der Waals surface area (Å²) >= 11 is 0. The zero-order chi connectivity index (χ0) is 23.0. The number of Topliss-reactive ketones (excluding diaryl/α,β-unsaturated/α-hetero) is 1. The molecule has 0 aliphatic carbocycles. The van der Waals surface area contributed by atoms with Crippen molar-refractivity contribution in [3.8, 4) is 5.75 Å². The third kappa shape index (κ3) is 3.56. The first kappa shape index (κ1) is 21.4. The van der Waals surface area contributed by atoms with Gasteiger partial charge in [0.25, 0.3) is 11.7 Å². The van der Waals surface area contributed by atoms with Gasteiger partial charge in [-0.25, -0.2) is 0 Å². The van der Waals surface area contributed by atoms with Crippen LogP contribution in [0.4, 0.5) is 5.69 Å². The molecule has 1 saturated heterocycles. The quantitative estimate of drug-likeness (QED) is 0.351. The van der Waals surface area contributed by atoms with E-state index >= 15 is 0 Å². The molecule has 0 spiro atoms. The van der Waals surface area contributed by atoms with Crippen molar-refractivity contribution in [2.75, 3.05) is 12.0 Å². The number of amides is 1. The van der Waals surface area contributed by atoms with Gasteiger partial charge in [-0.15, -0.1) is 0 Å². The van der Waals surface area contributed by atoms with Crippen molar-refractivity contribution in [1.82, 2.24) is 0 Å². The molecule has 1 N–H and O–H groups in total. The molecule has 1 aliphatic heterocycles. The number of aryl methyl sites for hydroxylation is 3. The van der Waals surface area contributed by atoms with E-state index in [1.807, 2.05) is 75.4 Å². The lowest BCUT2D eigenvalue weighted by atomic mass is 9.92. The summed E-state index contributed by atoms with van der Waals surface area (Å²) in [6, 6.07) is 19.6. The predicted octanol–water partition coefficient (Wildman–Crippen LogP) is 5.25. The van der Waals surface area contributed by atoms with Gasteiger partial charge in [0.15, 0.2) is 0 Å². The van der Waals surface area contributed by atoms with Crippen molar-refractivity contribution in [2.45, 2.75) is 26.8 Å². The highest BCUT2D eigenvalue weighted by atomic mass is 16.5. The normalized spacial score (nSPS) is 17.6. The maximum absolute atomic E-state index is 13.3.